The summed E-state index contributed by atoms with van der Waals surface area (Å²) in [6.07, 6.45) is 2.08. The van der Waals surface area contributed by atoms with Crippen molar-refractivity contribution in [2.75, 3.05) is 18.1 Å². The van der Waals surface area contributed by atoms with Crippen molar-refractivity contribution in [3.63, 3.8) is 0 Å². The minimum Gasteiger partial charge on any atom is -0.368 e. The van der Waals surface area contributed by atoms with Crippen LogP contribution in [0.3, 0.4) is 0 Å². The van der Waals surface area contributed by atoms with Crippen molar-refractivity contribution in [1.82, 2.24) is 4.98 Å². The SMILES string of the molecule is CSC(C)(C)CNc1nc2ccccc2cc1C#N. The van der Waals surface area contributed by atoms with Gasteiger partial charge in [0.05, 0.1) is 11.1 Å². The van der Waals surface area contributed by atoms with Gasteiger partial charge >= 0.3 is 0 Å². The molecule has 4 heteroatoms. The maximum absolute atomic E-state index is 9.23. The van der Waals surface area contributed by atoms with Crippen LogP contribution in [0.25, 0.3) is 10.9 Å². The quantitative estimate of drug-likeness (QED) is 0.922. The molecule has 0 aliphatic carbocycles. The first kappa shape index (κ1) is 13.7. The fourth-order valence-electron chi connectivity index (χ4n) is 1.70. The van der Waals surface area contributed by atoms with Crippen molar-refractivity contribution < 1.29 is 0 Å². The number of para-hydroxylation sites is 1. The second kappa shape index (κ2) is 5.50. The average Bonchev–Trinajstić information content (AvgIpc) is 2.44. The van der Waals surface area contributed by atoms with Crippen molar-refractivity contribution in [2.45, 2.75) is 18.6 Å². The predicted molar refractivity (Wildman–Crippen MR) is 82.5 cm³/mol. The molecular weight excluding hydrogens is 254 g/mol. The summed E-state index contributed by atoms with van der Waals surface area (Å²) in [5.74, 6) is 0.670. The van der Waals surface area contributed by atoms with Crippen LogP contribution in [0, 0.1) is 11.3 Å². The Morgan fingerprint density at radius 2 is 2.11 bits per heavy atom. The van der Waals surface area contributed by atoms with Gasteiger partial charge in [0.25, 0.3) is 0 Å². The molecule has 1 aromatic heterocycles. The molecule has 0 aliphatic rings. The number of rotatable bonds is 4. The summed E-state index contributed by atoms with van der Waals surface area (Å²) in [5.41, 5.74) is 1.50. The number of fused-ring (bicyclic) bond motifs is 1. The molecule has 1 heterocycles. The minimum absolute atomic E-state index is 0.111. The summed E-state index contributed by atoms with van der Waals surface area (Å²) in [4.78, 5) is 4.54. The monoisotopic (exact) mass is 271 g/mol. The van der Waals surface area contributed by atoms with Gasteiger partial charge in [0.2, 0.25) is 0 Å². The number of aromatic nitrogens is 1. The van der Waals surface area contributed by atoms with Crippen LogP contribution >= 0.6 is 11.8 Å². The number of thioether (sulfide) groups is 1. The second-order valence-electron chi connectivity index (χ2n) is 5.01. The molecule has 0 saturated heterocycles. The van der Waals surface area contributed by atoms with Gasteiger partial charge in [-0.2, -0.15) is 17.0 Å². The summed E-state index contributed by atoms with van der Waals surface area (Å²) in [6.45, 7) is 5.10. The highest BCUT2D eigenvalue weighted by molar-refractivity contribution is 7.99. The van der Waals surface area contributed by atoms with Crippen LogP contribution in [-0.2, 0) is 0 Å². The number of nitrogens with zero attached hydrogens (tertiary/aromatic N) is 2. The lowest BCUT2D eigenvalue weighted by atomic mass is 10.1. The van der Waals surface area contributed by atoms with Crippen LogP contribution < -0.4 is 5.32 Å². The van der Waals surface area contributed by atoms with E-state index in [9.17, 15) is 5.26 Å². The highest BCUT2D eigenvalue weighted by Gasteiger charge is 2.16. The summed E-state index contributed by atoms with van der Waals surface area (Å²) >= 11 is 1.79. The smallest absolute Gasteiger partial charge is 0.144 e. The van der Waals surface area contributed by atoms with Crippen molar-refractivity contribution in [3.8, 4) is 6.07 Å². The number of hydrogen-bond donors (Lipinski definition) is 1. The van der Waals surface area contributed by atoms with Gasteiger partial charge in [0.15, 0.2) is 0 Å². The maximum Gasteiger partial charge on any atom is 0.144 e. The molecule has 0 unspecified atom stereocenters. The first-order valence-electron chi connectivity index (χ1n) is 6.15. The Kier molecular flexibility index (Phi) is 3.96. The highest BCUT2D eigenvalue weighted by atomic mass is 32.2. The normalized spacial score (nSPS) is 11.3. The third-order valence-electron chi connectivity index (χ3n) is 3.08. The van der Waals surface area contributed by atoms with Crippen LogP contribution in [0.5, 0.6) is 0 Å². The topological polar surface area (TPSA) is 48.7 Å². The molecular formula is C15H17N3S. The molecule has 0 bridgehead atoms. The van der Waals surface area contributed by atoms with E-state index in [0.717, 1.165) is 17.4 Å². The lowest BCUT2D eigenvalue weighted by Gasteiger charge is -2.23. The summed E-state index contributed by atoms with van der Waals surface area (Å²) in [6, 6.07) is 11.9. The van der Waals surface area contributed by atoms with Crippen LogP contribution in [0.2, 0.25) is 0 Å². The molecule has 1 N–H and O–H groups in total. The molecule has 0 saturated carbocycles. The van der Waals surface area contributed by atoms with E-state index in [1.54, 1.807) is 11.8 Å². The Balaban J connectivity index is 2.34. The molecule has 0 spiro atoms. The molecule has 2 rings (SSSR count). The Bertz CT molecular complexity index is 629. The number of nitriles is 1. The van der Waals surface area contributed by atoms with Crippen molar-refractivity contribution in [3.05, 3.63) is 35.9 Å². The molecule has 19 heavy (non-hydrogen) atoms. The predicted octanol–water partition coefficient (Wildman–Crippen LogP) is 3.66. The first-order valence-corrected chi connectivity index (χ1v) is 7.37. The fraction of sp³-hybridized carbons (Fsp3) is 0.333. The fourth-order valence-corrected chi connectivity index (χ4v) is 1.92. The van der Waals surface area contributed by atoms with Gasteiger partial charge in [-0.25, -0.2) is 4.98 Å². The Hall–Kier alpha value is -1.73. The largest absolute Gasteiger partial charge is 0.368 e. The summed E-state index contributed by atoms with van der Waals surface area (Å²) in [7, 11) is 0. The van der Waals surface area contributed by atoms with Gasteiger partial charge in [-0.15, -0.1) is 0 Å². The van der Waals surface area contributed by atoms with E-state index in [1.807, 2.05) is 30.3 Å². The average molecular weight is 271 g/mol. The Labute approximate surface area is 118 Å². The first-order chi connectivity index (χ1) is 9.05. The zero-order valence-corrected chi connectivity index (χ0v) is 12.2. The molecule has 98 valence electrons. The van der Waals surface area contributed by atoms with E-state index in [0.29, 0.717) is 11.4 Å². The van der Waals surface area contributed by atoms with E-state index in [-0.39, 0.29) is 4.75 Å². The minimum atomic E-state index is 0.111. The van der Waals surface area contributed by atoms with Gasteiger partial charge in [0, 0.05) is 16.7 Å². The zero-order chi connectivity index (χ0) is 13.9. The van der Waals surface area contributed by atoms with Crippen LogP contribution in [-0.4, -0.2) is 22.5 Å². The third kappa shape index (κ3) is 3.18. The lowest BCUT2D eigenvalue weighted by molar-refractivity contribution is 0.750. The van der Waals surface area contributed by atoms with Gasteiger partial charge in [-0.05, 0) is 32.2 Å². The number of anilines is 1. The van der Waals surface area contributed by atoms with E-state index in [1.165, 1.54) is 0 Å². The van der Waals surface area contributed by atoms with Crippen LogP contribution in [0.15, 0.2) is 30.3 Å². The molecule has 1 aromatic carbocycles. The molecule has 0 radical (unpaired) electrons. The van der Waals surface area contributed by atoms with Crippen LogP contribution in [0.1, 0.15) is 19.4 Å². The highest BCUT2D eigenvalue weighted by Crippen LogP contribution is 2.24. The Morgan fingerprint density at radius 1 is 1.37 bits per heavy atom. The molecule has 2 aromatic rings. The lowest BCUT2D eigenvalue weighted by Crippen LogP contribution is -2.26. The van der Waals surface area contributed by atoms with Crippen molar-refractivity contribution >= 4 is 28.5 Å². The molecule has 0 aliphatic heterocycles. The standard InChI is InChI=1S/C15H17N3S/c1-15(2,19-3)10-17-14-12(9-16)8-11-6-4-5-7-13(11)18-14/h4-8H,10H2,1-3H3,(H,17,18). The number of pyridine rings is 1. The van der Waals surface area contributed by atoms with Gasteiger partial charge < -0.3 is 5.32 Å². The molecule has 0 fully saturated rings. The zero-order valence-electron chi connectivity index (χ0n) is 11.4. The van der Waals surface area contributed by atoms with E-state index >= 15 is 0 Å². The Morgan fingerprint density at radius 3 is 2.79 bits per heavy atom. The second-order valence-corrected chi connectivity index (χ2v) is 6.52. The van der Waals surface area contributed by atoms with E-state index in [4.69, 9.17) is 0 Å². The van der Waals surface area contributed by atoms with Crippen molar-refractivity contribution in [1.29, 1.82) is 5.26 Å². The maximum atomic E-state index is 9.23. The van der Waals surface area contributed by atoms with Gasteiger partial charge in [0.1, 0.15) is 11.9 Å². The third-order valence-corrected chi connectivity index (χ3v) is 4.33. The number of benzene rings is 1. The summed E-state index contributed by atoms with van der Waals surface area (Å²) < 4.78 is 0.111. The molecule has 0 amide bonds. The van der Waals surface area contributed by atoms with Crippen LogP contribution in [0.4, 0.5) is 5.82 Å². The molecule has 0 atom stereocenters. The molecule has 3 nitrogen and oxygen atoms in total. The van der Waals surface area contributed by atoms with E-state index in [2.05, 4.69) is 36.5 Å². The number of nitrogens with one attached hydrogen (secondary N) is 1. The summed E-state index contributed by atoms with van der Waals surface area (Å²) in [5, 5.41) is 13.5. The van der Waals surface area contributed by atoms with Gasteiger partial charge in [-0.3, -0.25) is 0 Å². The van der Waals surface area contributed by atoms with Crippen molar-refractivity contribution in [2.24, 2.45) is 0 Å². The van der Waals surface area contributed by atoms with Gasteiger partial charge in [-0.1, -0.05) is 18.2 Å². The van der Waals surface area contributed by atoms with E-state index < -0.39 is 0 Å². The number of hydrogen-bond acceptors (Lipinski definition) is 4.